The maximum atomic E-state index is 2.51. The van der Waals surface area contributed by atoms with Gasteiger partial charge in [0.05, 0.1) is 40.9 Å². The van der Waals surface area contributed by atoms with E-state index in [9.17, 15) is 0 Å². The summed E-state index contributed by atoms with van der Waals surface area (Å²) in [5.41, 5.74) is 12.1. The molecule has 10 aromatic rings. The van der Waals surface area contributed by atoms with Gasteiger partial charge in [-0.25, -0.2) is 0 Å². The lowest BCUT2D eigenvalue weighted by Crippen LogP contribution is -2.07. The molecule has 10 rings (SSSR count). The Morgan fingerprint density at radius 2 is 0.938 bits per heavy atom. The average Bonchev–Trinajstić information content (AvgIpc) is 3.96. The molecule has 0 amide bonds. The Kier molecular flexibility index (Phi) is 6.40. The molecule has 5 aromatic heterocycles. The molecule has 0 bridgehead atoms. The van der Waals surface area contributed by atoms with Crippen molar-refractivity contribution in [3.63, 3.8) is 0 Å². The van der Waals surface area contributed by atoms with Crippen molar-refractivity contribution in [1.29, 1.82) is 0 Å². The number of fused-ring (bicyclic) bond motifs is 7. The van der Waals surface area contributed by atoms with Crippen molar-refractivity contribution in [2.24, 2.45) is 0 Å². The maximum Gasteiger partial charge on any atom is 0.103 e. The lowest BCUT2D eigenvalue weighted by atomic mass is 10.1. The molecular formula is C42H27N3S3. The summed E-state index contributed by atoms with van der Waals surface area (Å²) in [5.74, 6) is 0. The second-order valence-corrected chi connectivity index (χ2v) is 14.8. The summed E-state index contributed by atoms with van der Waals surface area (Å²) >= 11 is 5.65. The Morgan fingerprint density at radius 3 is 1.58 bits per heavy atom. The minimum Gasteiger partial charge on any atom is -0.306 e. The van der Waals surface area contributed by atoms with Crippen LogP contribution in [0.1, 0.15) is 0 Å². The summed E-state index contributed by atoms with van der Waals surface area (Å²) in [6, 6.07) is 56.6. The van der Waals surface area contributed by atoms with E-state index in [1.165, 1.54) is 62.7 Å². The number of para-hydroxylation sites is 3. The summed E-state index contributed by atoms with van der Waals surface area (Å²) in [6.07, 6.45) is 0. The number of hydrogen-bond acceptors (Lipinski definition) is 4. The van der Waals surface area contributed by atoms with Crippen molar-refractivity contribution in [2.45, 2.75) is 0 Å². The highest BCUT2D eigenvalue weighted by atomic mass is 32.1. The zero-order valence-corrected chi connectivity index (χ0v) is 28.1. The number of aromatic nitrogens is 2. The van der Waals surface area contributed by atoms with Gasteiger partial charge in [-0.2, -0.15) is 0 Å². The van der Waals surface area contributed by atoms with E-state index in [1.807, 2.05) is 34.0 Å². The maximum absolute atomic E-state index is 2.51. The summed E-state index contributed by atoms with van der Waals surface area (Å²) in [5, 5.41) is 3.42. The van der Waals surface area contributed by atoms with Crippen LogP contribution in [-0.2, 0) is 0 Å². The first-order valence-corrected chi connectivity index (χ1v) is 18.4. The smallest absolute Gasteiger partial charge is 0.103 e. The van der Waals surface area contributed by atoms with Crippen molar-refractivity contribution in [3.8, 4) is 22.5 Å². The first-order valence-electron chi connectivity index (χ1n) is 15.9. The van der Waals surface area contributed by atoms with Gasteiger partial charge in [0.15, 0.2) is 0 Å². The number of benzene rings is 5. The van der Waals surface area contributed by atoms with Crippen LogP contribution in [0.5, 0.6) is 0 Å². The topological polar surface area (TPSA) is 13.1 Å². The quantitative estimate of drug-likeness (QED) is 0.172. The van der Waals surface area contributed by atoms with E-state index in [1.54, 1.807) is 0 Å². The monoisotopic (exact) mass is 669 g/mol. The fourth-order valence-electron chi connectivity index (χ4n) is 6.94. The van der Waals surface area contributed by atoms with Gasteiger partial charge in [0.1, 0.15) is 5.00 Å². The number of hydrogen-bond donors (Lipinski definition) is 0. The molecular weight excluding hydrogens is 643 g/mol. The molecule has 0 fully saturated rings. The number of nitrogens with zero attached hydrogens (tertiary/aromatic N) is 3. The van der Waals surface area contributed by atoms with Gasteiger partial charge in [-0.3, -0.25) is 0 Å². The molecule has 5 heterocycles. The van der Waals surface area contributed by atoms with E-state index < -0.39 is 0 Å². The Balaban J connectivity index is 1.28. The van der Waals surface area contributed by atoms with E-state index >= 15 is 0 Å². The van der Waals surface area contributed by atoms with Gasteiger partial charge < -0.3 is 14.0 Å². The van der Waals surface area contributed by atoms with Gasteiger partial charge in [0.2, 0.25) is 0 Å². The summed E-state index contributed by atoms with van der Waals surface area (Å²) in [7, 11) is 0. The highest BCUT2D eigenvalue weighted by molar-refractivity contribution is 7.34. The van der Waals surface area contributed by atoms with Crippen molar-refractivity contribution in [2.75, 3.05) is 4.90 Å². The molecule has 0 spiro atoms. The molecule has 6 heteroatoms. The molecule has 0 atom stereocenters. The third-order valence-corrected chi connectivity index (χ3v) is 12.5. The van der Waals surface area contributed by atoms with E-state index in [2.05, 4.69) is 177 Å². The average molecular weight is 670 g/mol. The van der Waals surface area contributed by atoms with Crippen molar-refractivity contribution >= 4 is 91.3 Å². The van der Waals surface area contributed by atoms with Gasteiger partial charge in [-0.1, -0.05) is 97.1 Å². The molecule has 0 N–H and O–H groups in total. The van der Waals surface area contributed by atoms with Crippen LogP contribution in [0.4, 0.5) is 16.4 Å². The van der Waals surface area contributed by atoms with E-state index in [-0.39, 0.29) is 0 Å². The first kappa shape index (κ1) is 27.7. The standard InChI is InChI=1S/C42H27N3S3/c1-5-13-28(14-6-1)29-21-23-33(24-22-29)45-35-27-36(43(30-15-7-2-8-16-30)31-17-9-3-10-18-31)47-40(35)42-38(45)37-41(48-42)39-34(25-26-46-39)44(37)32-19-11-4-12-20-32/h1-27H. The number of anilines is 3. The molecule has 5 aromatic carbocycles. The molecule has 0 aliphatic carbocycles. The Morgan fingerprint density at radius 1 is 0.417 bits per heavy atom. The van der Waals surface area contributed by atoms with Gasteiger partial charge in [-0.15, -0.1) is 34.0 Å². The number of rotatable bonds is 6. The van der Waals surface area contributed by atoms with Crippen LogP contribution in [0.3, 0.4) is 0 Å². The predicted molar refractivity (Wildman–Crippen MR) is 209 cm³/mol. The fourth-order valence-corrected chi connectivity index (χ4v) is 10.6. The van der Waals surface area contributed by atoms with Crippen LogP contribution >= 0.6 is 34.0 Å². The SMILES string of the molecule is c1ccc(-c2ccc(-n3c4cc(N(c5ccccc5)c5ccccc5)sc4c4sc5c6sccc6n(-c6ccccc6)c5c43)cc2)cc1. The van der Waals surface area contributed by atoms with Crippen LogP contribution in [0.25, 0.3) is 63.4 Å². The zero-order chi connectivity index (χ0) is 31.6. The normalized spacial score (nSPS) is 11.8. The van der Waals surface area contributed by atoms with Crippen LogP contribution in [0, 0.1) is 0 Å². The molecule has 48 heavy (non-hydrogen) atoms. The van der Waals surface area contributed by atoms with E-state index in [0.29, 0.717) is 0 Å². The lowest BCUT2D eigenvalue weighted by Gasteiger charge is -2.23. The highest BCUT2D eigenvalue weighted by Gasteiger charge is 2.27. The van der Waals surface area contributed by atoms with Crippen LogP contribution in [0.15, 0.2) is 163 Å². The highest BCUT2D eigenvalue weighted by Crippen LogP contribution is 2.52. The number of thiophene rings is 3. The third kappa shape index (κ3) is 4.24. The largest absolute Gasteiger partial charge is 0.306 e. The van der Waals surface area contributed by atoms with E-state index in [0.717, 1.165) is 17.1 Å². The molecule has 0 unspecified atom stereocenters. The minimum atomic E-state index is 1.15. The Labute approximate surface area is 289 Å². The van der Waals surface area contributed by atoms with Crippen molar-refractivity contribution in [3.05, 3.63) is 163 Å². The first-order chi connectivity index (χ1) is 23.8. The third-order valence-electron chi connectivity index (χ3n) is 9.04. The van der Waals surface area contributed by atoms with Crippen LogP contribution in [0.2, 0.25) is 0 Å². The van der Waals surface area contributed by atoms with Gasteiger partial charge >= 0.3 is 0 Å². The summed E-state index contributed by atoms with van der Waals surface area (Å²) in [6.45, 7) is 0. The fraction of sp³-hybridized carbons (Fsp3) is 0. The van der Waals surface area contributed by atoms with E-state index in [4.69, 9.17) is 0 Å². The summed E-state index contributed by atoms with van der Waals surface area (Å²) in [4.78, 5) is 2.38. The molecule has 228 valence electrons. The molecule has 0 aliphatic heterocycles. The van der Waals surface area contributed by atoms with Crippen molar-refractivity contribution in [1.82, 2.24) is 9.13 Å². The zero-order valence-electron chi connectivity index (χ0n) is 25.7. The molecule has 0 radical (unpaired) electrons. The molecule has 3 nitrogen and oxygen atoms in total. The Bertz CT molecular complexity index is 2660. The molecule has 0 aliphatic rings. The van der Waals surface area contributed by atoms with Gasteiger partial charge in [0, 0.05) is 22.7 Å². The van der Waals surface area contributed by atoms with Crippen LogP contribution < -0.4 is 4.90 Å². The minimum absolute atomic E-state index is 1.15. The predicted octanol–water partition coefficient (Wildman–Crippen LogP) is 13.2. The van der Waals surface area contributed by atoms with Gasteiger partial charge in [0.25, 0.3) is 0 Å². The molecule has 0 saturated heterocycles. The summed E-state index contributed by atoms with van der Waals surface area (Å²) < 4.78 is 10.3. The second-order valence-electron chi connectivity index (χ2n) is 11.8. The van der Waals surface area contributed by atoms with Crippen molar-refractivity contribution < 1.29 is 0 Å². The second kappa shape index (κ2) is 11.1. The molecule has 0 saturated carbocycles. The van der Waals surface area contributed by atoms with Crippen LogP contribution in [-0.4, -0.2) is 9.13 Å². The van der Waals surface area contributed by atoms with Gasteiger partial charge in [-0.05, 0) is 77.2 Å². The Hall–Kier alpha value is -5.40. The lowest BCUT2D eigenvalue weighted by molar-refractivity contribution is 1.15.